The van der Waals surface area contributed by atoms with Crippen molar-refractivity contribution in [2.75, 3.05) is 0 Å². The molecule has 0 N–H and O–H groups in total. The summed E-state index contributed by atoms with van der Waals surface area (Å²) in [6.45, 7) is 1.96. The Morgan fingerprint density at radius 3 is 2.85 bits per heavy atom. The number of rotatable bonds is 0. The van der Waals surface area contributed by atoms with Gasteiger partial charge < -0.3 is 0 Å². The maximum atomic E-state index is 5.93. The minimum atomic E-state index is 0.371. The van der Waals surface area contributed by atoms with Gasteiger partial charge in [0.1, 0.15) is 10.3 Å². The summed E-state index contributed by atoms with van der Waals surface area (Å²) in [6, 6.07) is 3.60. The van der Waals surface area contributed by atoms with Gasteiger partial charge in [-0.1, -0.05) is 23.2 Å². The number of aromatic nitrogens is 2. The van der Waals surface area contributed by atoms with E-state index in [9.17, 15) is 0 Å². The third-order valence-electron chi connectivity index (χ3n) is 1.86. The Hall–Kier alpha value is -0.860. The van der Waals surface area contributed by atoms with Gasteiger partial charge in [0.15, 0.2) is 0 Å². The number of fused-ring (bicyclic) bond motifs is 1. The summed E-state index contributed by atoms with van der Waals surface area (Å²) in [5.41, 5.74) is 1.84. The van der Waals surface area contributed by atoms with E-state index in [4.69, 9.17) is 23.2 Å². The molecule has 0 saturated heterocycles. The van der Waals surface area contributed by atoms with Gasteiger partial charge in [-0.2, -0.15) is 0 Å². The maximum Gasteiger partial charge on any atom is 0.140 e. The molecule has 66 valence electrons. The zero-order valence-corrected chi connectivity index (χ0v) is 8.39. The summed E-state index contributed by atoms with van der Waals surface area (Å²) in [5, 5.41) is 1.65. The topological polar surface area (TPSA) is 25.8 Å². The lowest BCUT2D eigenvalue weighted by Crippen LogP contribution is -1.86. The Bertz CT molecular complexity index is 468. The lowest BCUT2D eigenvalue weighted by atomic mass is 10.2. The van der Waals surface area contributed by atoms with Gasteiger partial charge in [-0.15, -0.1) is 0 Å². The van der Waals surface area contributed by atoms with Crippen LogP contribution in [0.4, 0.5) is 0 Å². The molecular formula is C9H6Cl2N2. The van der Waals surface area contributed by atoms with Gasteiger partial charge in [0.05, 0.1) is 5.52 Å². The van der Waals surface area contributed by atoms with Crippen molar-refractivity contribution in [2.24, 2.45) is 0 Å². The zero-order valence-electron chi connectivity index (χ0n) is 6.88. The Balaban J connectivity index is 2.94. The van der Waals surface area contributed by atoms with Crippen LogP contribution in [-0.2, 0) is 0 Å². The van der Waals surface area contributed by atoms with Crippen LogP contribution in [0.5, 0.6) is 0 Å². The first-order valence-electron chi connectivity index (χ1n) is 3.76. The number of aryl methyl sites for hydroxylation is 1. The molecule has 0 unspecified atom stereocenters. The molecule has 0 spiro atoms. The monoisotopic (exact) mass is 212 g/mol. The van der Waals surface area contributed by atoms with Crippen molar-refractivity contribution in [2.45, 2.75) is 6.92 Å². The fourth-order valence-electron chi connectivity index (χ4n) is 1.25. The van der Waals surface area contributed by atoms with Crippen LogP contribution in [0.15, 0.2) is 18.3 Å². The van der Waals surface area contributed by atoms with E-state index in [0.717, 1.165) is 16.5 Å². The third-order valence-corrected chi connectivity index (χ3v) is 2.32. The minimum absolute atomic E-state index is 0.371. The van der Waals surface area contributed by atoms with E-state index in [1.165, 1.54) is 0 Å². The van der Waals surface area contributed by atoms with Crippen LogP contribution in [0.3, 0.4) is 0 Å². The summed E-state index contributed by atoms with van der Waals surface area (Å²) < 4.78 is 0. The Morgan fingerprint density at radius 1 is 1.31 bits per heavy atom. The molecule has 0 aliphatic heterocycles. The van der Waals surface area contributed by atoms with E-state index in [0.29, 0.717) is 10.3 Å². The molecule has 0 aliphatic carbocycles. The zero-order chi connectivity index (χ0) is 9.42. The van der Waals surface area contributed by atoms with E-state index in [1.807, 2.05) is 13.0 Å². The van der Waals surface area contributed by atoms with Crippen LogP contribution in [-0.4, -0.2) is 9.97 Å². The van der Waals surface area contributed by atoms with E-state index in [-0.39, 0.29) is 0 Å². The lowest BCUT2D eigenvalue weighted by Gasteiger charge is -2.02. The van der Waals surface area contributed by atoms with E-state index in [1.54, 1.807) is 12.3 Å². The van der Waals surface area contributed by atoms with Crippen LogP contribution < -0.4 is 0 Å². The average Bonchev–Trinajstić information content (AvgIpc) is 2.02. The number of nitrogens with zero attached hydrogens (tertiary/aromatic N) is 2. The molecule has 4 heteroatoms. The first kappa shape index (κ1) is 8.73. The van der Waals surface area contributed by atoms with Crippen LogP contribution in [0.25, 0.3) is 10.9 Å². The van der Waals surface area contributed by atoms with Crippen molar-refractivity contribution >= 4 is 34.1 Å². The van der Waals surface area contributed by atoms with Crippen LogP contribution >= 0.6 is 23.2 Å². The van der Waals surface area contributed by atoms with E-state index < -0.39 is 0 Å². The second kappa shape index (κ2) is 3.13. The quantitative estimate of drug-likeness (QED) is 0.627. The predicted molar refractivity (Wildman–Crippen MR) is 54.3 cm³/mol. The number of pyridine rings is 2. The number of hydrogen-bond acceptors (Lipinski definition) is 2. The molecule has 2 aromatic heterocycles. The molecule has 0 radical (unpaired) electrons. The fourth-order valence-corrected chi connectivity index (χ4v) is 1.82. The molecule has 0 aliphatic rings. The van der Waals surface area contributed by atoms with Gasteiger partial charge in [0, 0.05) is 17.6 Å². The minimum Gasteiger partial charge on any atom is -0.256 e. The van der Waals surface area contributed by atoms with Gasteiger partial charge in [-0.25, -0.2) is 4.98 Å². The summed E-state index contributed by atoms with van der Waals surface area (Å²) in [5.74, 6) is 0. The molecular weight excluding hydrogens is 207 g/mol. The lowest BCUT2D eigenvalue weighted by molar-refractivity contribution is 1.30. The van der Waals surface area contributed by atoms with Crippen molar-refractivity contribution in [3.63, 3.8) is 0 Å². The second-order valence-corrected chi connectivity index (χ2v) is 3.50. The fraction of sp³-hybridized carbons (Fsp3) is 0.111. The van der Waals surface area contributed by atoms with Gasteiger partial charge in [0.2, 0.25) is 0 Å². The first-order chi connectivity index (χ1) is 6.18. The largest absolute Gasteiger partial charge is 0.256 e. The van der Waals surface area contributed by atoms with Crippen LogP contribution in [0.2, 0.25) is 10.3 Å². The highest BCUT2D eigenvalue weighted by molar-refractivity contribution is 6.36. The molecule has 2 rings (SSSR count). The summed E-state index contributed by atoms with van der Waals surface area (Å²) in [4.78, 5) is 8.11. The van der Waals surface area contributed by atoms with Crippen LogP contribution in [0, 0.1) is 6.92 Å². The maximum absolute atomic E-state index is 5.93. The average molecular weight is 213 g/mol. The Morgan fingerprint density at radius 2 is 2.08 bits per heavy atom. The van der Waals surface area contributed by atoms with Gasteiger partial charge in [-0.3, -0.25) is 4.98 Å². The SMILES string of the molecule is Cc1ccnc2cc(Cl)nc(Cl)c12. The Labute approximate surface area is 85.5 Å². The summed E-state index contributed by atoms with van der Waals surface area (Å²) in [7, 11) is 0. The molecule has 0 bridgehead atoms. The highest BCUT2D eigenvalue weighted by atomic mass is 35.5. The molecule has 0 aromatic carbocycles. The van der Waals surface area contributed by atoms with Crippen molar-refractivity contribution in [1.82, 2.24) is 9.97 Å². The normalized spacial score (nSPS) is 10.7. The van der Waals surface area contributed by atoms with Gasteiger partial charge >= 0.3 is 0 Å². The first-order valence-corrected chi connectivity index (χ1v) is 4.51. The predicted octanol–water partition coefficient (Wildman–Crippen LogP) is 3.25. The van der Waals surface area contributed by atoms with Gasteiger partial charge in [-0.05, 0) is 18.6 Å². The van der Waals surface area contributed by atoms with Crippen molar-refractivity contribution in [3.05, 3.63) is 34.2 Å². The molecule has 2 heterocycles. The Kier molecular flexibility index (Phi) is 2.10. The molecule has 13 heavy (non-hydrogen) atoms. The van der Waals surface area contributed by atoms with Crippen LogP contribution in [0.1, 0.15) is 5.56 Å². The highest BCUT2D eigenvalue weighted by Crippen LogP contribution is 2.25. The molecule has 2 aromatic rings. The van der Waals surface area contributed by atoms with E-state index >= 15 is 0 Å². The highest BCUT2D eigenvalue weighted by Gasteiger charge is 2.05. The summed E-state index contributed by atoms with van der Waals surface area (Å²) in [6.07, 6.45) is 1.73. The van der Waals surface area contributed by atoms with Gasteiger partial charge in [0.25, 0.3) is 0 Å². The summed E-state index contributed by atoms with van der Waals surface area (Å²) >= 11 is 11.7. The smallest absolute Gasteiger partial charge is 0.140 e. The standard InChI is InChI=1S/C9H6Cl2N2/c1-5-2-3-12-6-4-7(10)13-9(11)8(5)6/h2-4H,1H3. The molecule has 2 nitrogen and oxygen atoms in total. The third kappa shape index (κ3) is 1.47. The number of halogens is 2. The molecule has 0 atom stereocenters. The van der Waals surface area contributed by atoms with Crippen molar-refractivity contribution in [3.8, 4) is 0 Å². The molecule has 0 amide bonds. The van der Waals surface area contributed by atoms with Crippen molar-refractivity contribution < 1.29 is 0 Å². The van der Waals surface area contributed by atoms with Crippen molar-refractivity contribution in [1.29, 1.82) is 0 Å². The number of hydrogen-bond donors (Lipinski definition) is 0. The molecule has 0 saturated carbocycles. The second-order valence-electron chi connectivity index (χ2n) is 2.76. The molecule has 0 fully saturated rings. The van der Waals surface area contributed by atoms with E-state index in [2.05, 4.69) is 9.97 Å².